The number of amides is 1. The Morgan fingerprint density at radius 1 is 1.11 bits per heavy atom. The molecule has 0 radical (unpaired) electrons. The molecule has 3 rings (SSSR count). The normalized spacial score (nSPS) is 14.3. The molecule has 27 heavy (non-hydrogen) atoms. The summed E-state index contributed by atoms with van der Waals surface area (Å²) in [6, 6.07) is 10.3. The lowest BCUT2D eigenvalue weighted by molar-refractivity contribution is 0.0948. The van der Waals surface area contributed by atoms with Gasteiger partial charge in [0.1, 0.15) is 5.69 Å². The largest absolute Gasteiger partial charge is 0.368 e. The van der Waals surface area contributed by atoms with Crippen molar-refractivity contribution >= 4 is 17.5 Å². The highest BCUT2D eigenvalue weighted by molar-refractivity contribution is 5.92. The lowest BCUT2D eigenvalue weighted by Crippen LogP contribution is -2.47. The van der Waals surface area contributed by atoms with Gasteiger partial charge in [-0.25, -0.2) is 9.97 Å². The summed E-state index contributed by atoms with van der Waals surface area (Å²) >= 11 is 0. The minimum Gasteiger partial charge on any atom is -0.368 e. The van der Waals surface area contributed by atoms with Gasteiger partial charge in [0.05, 0.1) is 0 Å². The first kappa shape index (κ1) is 19.1. The maximum Gasteiger partial charge on any atom is 0.270 e. The van der Waals surface area contributed by atoms with Crippen LogP contribution in [0, 0.1) is 6.92 Å². The van der Waals surface area contributed by atoms with Crippen LogP contribution in [0.1, 0.15) is 42.2 Å². The Morgan fingerprint density at radius 3 is 2.63 bits per heavy atom. The topological polar surface area (TPSA) is 61.4 Å². The summed E-state index contributed by atoms with van der Waals surface area (Å²) in [6.07, 6.45) is 4.94. The smallest absolute Gasteiger partial charge is 0.270 e. The first-order valence-electron chi connectivity index (χ1n) is 9.85. The predicted molar refractivity (Wildman–Crippen MR) is 109 cm³/mol. The number of nitrogens with one attached hydrogen (secondary N) is 1. The van der Waals surface area contributed by atoms with E-state index in [1.165, 1.54) is 11.3 Å². The molecule has 6 heteroatoms. The van der Waals surface area contributed by atoms with E-state index in [0.29, 0.717) is 18.2 Å². The van der Waals surface area contributed by atoms with E-state index in [0.717, 1.165) is 45.4 Å². The number of unbranched alkanes of at least 4 members (excludes halogenated alkanes) is 2. The van der Waals surface area contributed by atoms with Gasteiger partial charge in [0, 0.05) is 44.6 Å². The van der Waals surface area contributed by atoms with Gasteiger partial charge in [-0.15, -0.1) is 0 Å². The van der Waals surface area contributed by atoms with Crippen molar-refractivity contribution in [3.8, 4) is 0 Å². The predicted octanol–water partition coefficient (Wildman–Crippen LogP) is 3.03. The van der Waals surface area contributed by atoms with Crippen molar-refractivity contribution in [2.75, 3.05) is 42.5 Å². The highest BCUT2D eigenvalue weighted by Gasteiger charge is 2.20. The van der Waals surface area contributed by atoms with Crippen LogP contribution >= 0.6 is 0 Å². The van der Waals surface area contributed by atoms with Crippen molar-refractivity contribution in [1.29, 1.82) is 0 Å². The van der Waals surface area contributed by atoms with Crippen LogP contribution < -0.4 is 15.1 Å². The molecule has 1 aromatic heterocycles. The summed E-state index contributed by atoms with van der Waals surface area (Å²) in [5.41, 5.74) is 2.98. The zero-order valence-corrected chi connectivity index (χ0v) is 16.3. The molecule has 1 aliphatic heterocycles. The van der Waals surface area contributed by atoms with Gasteiger partial charge in [0.2, 0.25) is 5.95 Å². The zero-order valence-electron chi connectivity index (χ0n) is 16.3. The van der Waals surface area contributed by atoms with Crippen molar-refractivity contribution in [1.82, 2.24) is 15.3 Å². The summed E-state index contributed by atoms with van der Waals surface area (Å²) in [7, 11) is 0. The number of carbonyl (C=O) groups is 1. The van der Waals surface area contributed by atoms with Gasteiger partial charge < -0.3 is 15.1 Å². The molecule has 0 bridgehead atoms. The lowest BCUT2D eigenvalue weighted by Gasteiger charge is -2.36. The summed E-state index contributed by atoms with van der Waals surface area (Å²) in [5, 5.41) is 2.94. The van der Waals surface area contributed by atoms with Crippen molar-refractivity contribution in [2.24, 2.45) is 0 Å². The van der Waals surface area contributed by atoms with Crippen LogP contribution in [0.3, 0.4) is 0 Å². The Kier molecular flexibility index (Phi) is 6.63. The highest BCUT2D eigenvalue weighted by Crippen LogP contribution is 2.19. The molecule has 0 unspecified atom stereocenters. The SMILES string of the molecule is CCCCCNC(=O)c1ccnc(N2CCN(c3cccc(C)c3)CC2)n1. The molecular weight excluding hydrogens is 338 g/mol. The summed E-state index contributed by atoms with van der Waals surface area (Å²) in [6.45, 7) is 8.48. The number of benzene rings is 1. The van der Waals surface area contributed by atoms with E-state index in [4.69, 9.17) is 0 Å². The van der Waals surface area contributed by atoms with E-state index in [1.54, 1.807) is 12.3 Å². The molecule has 1 N–H and O–H groups in total. The summed E-state index contributed by atoms with van der Waals surface area (Å²) < 4.78 is 0. The van der Waals surface area contributed by atoms with Crippen LogP contribution in [0.15, 0.2) is 36.5 Å². The molecule has 1 aliphatic rings. The Labute approximate surface area is 161 Å². The molecule has 2 aromatic rings. The number of nitrogens with zero attached hydrogens (tertiary/aromatic N) is 4. The van der Waals surface area contributed by atoms with Crippen LogP contribution in [0.4, 0.5) is 11.6 Å². The molecule has 1 aromatic carbocycles. The third kappa shape index (κ3) is 5.18. The van der Waals surface area contributed by atoms with Gasteiger partial charge >= 0.3 is 0 Å². The van der Waals surface area contributed by atoms with E-state index in [-0.39, 0.29) is 5.91 Å². The highest BCUT2D eigenvalue weighted by atomic mass is 16.1. The number of hydrogen-bond acceptors (Lipinski definition) is 5. The molecular formula is C21H29N5O. The Balaban J connectivity index is 1.57. The van der Waals surface area contributed by atoms with Crippen molar-refractivity contribution in [2.45, 2.75) is 33.1 Å². The third-order valence-electron chi connectivity index (χ3n) is 4.87. The lowest BCUT2D eigenvalue weighted by atomic mass is 10.2. The number of anilines is 2. The fourth-order valence-electron chi connectivity index (χ4n) is 3.28. The summed E-state index contributed by atoms with van der Waals surface area (Å²) in [4.78, 5) is 25.7. The monoisotopic (exact) mass is 367 g/mol. The van der Waals surface area contributed by atoms with Gasteiger partial charge in [0.15, 0.2) is 0 Å². The maximum atomic E-state index is 12.3. The molecule has 0 atom stereocenters. The average molecular weight is 367 g/mol. The average Bonchev–Trinajstić information content (AvgIpc) is 2.71. The minimum atomic E-state index is -0.117. The fourth-order valence-corrected chi connectivity index (χ4v) is 3.28. The van der Waals surface area contributed by atoms with E-state index in [1.807, 2.05) is 0 Å². The molecule has 2 heterocycles. The Hall–Kier alpha value is -2.63. The molecule has 0 spiro atoms. The maximum absolute atomic E-state index is 12.3. The first-order valence-corrected chi connectivity index (χ1v) is 9.85. The molecule has 1 amide bonds. The quantitative estimate of drug-likeness (QED) is 0.762. The van der Waals surface area contributed by atoms with Crippen molar-refractivity contribution in [3.05, 3.63) is 47.8 Å². The van der Waals surface area contributed by atoms with Crippen LogP contribution in [-0.4, -0.2) is 48.6 Å². The van der Waals surface area contributed by atoms with Gasteiger partial charge in [-0.05, 0) is 37.1 Å². The van der Waals surface area contributed by atoms with E-state index < -0.39 is 0 Å². The second kappa shape index (κ2) is 9.35. The molecule has 144 valence electrons. The number of aryl methyl sites for hydroxylation is 1. The standard InChI is InChI=1S/C21H29N5O/c1-3-4-5-10-22-20(27)19-9-11-23-21(24-19)26-14-12-25(13-15-26)18-8-6-7-17(2)16-18/h6-9,11,16H,3-5,10,12-15H2,1-2H3,(H,22,27). The van der Waals surface area contributed by atoms with Gasteiger partial charge in [-0.1, -0.05) is 31.9 Å². The van der Waals surface area contributed by atoms with E-state index >= 15 is 0 Å². The fraction of sp³-hybridized carbons (Fsp3) is 0.476. The number of hydrogen-bond donors (Lipinski definition) is 1. The minimum absolute atomic E-state index is 0.117. The van der Waals surface area contributed by atoms with Gasteiger partial charge in [-0.2, -0.15) is 0 Å². The number of rotatable bonds is 7. The molecule has 6 nitrogen and oxygen atoms in total. The molecule has 0 saturated carbocycles. The zero-order chi connectivity index (χ0) is 19.1. The van der Waals surface area contributed by atoms with Crippen LogP contribution in [0.5, 0.6) is 0 Å². The van der Waals surface area contributed by atoms with Crippen molar-refractivity contribution < 1.29 is 4.79 Å². The van der Waals surface area contributed by atoms with Crippen LogP contribution in [0.2, 0.25) is 0 Å². The molecule has 1 fully saturated rings. The van der Waals surface area contributed by atoms with Crippen LogP contribution in [-0.2, 0) is 0 Å². The summed E-state index contributed by atoms with van der Waals surface area (Å²) in [5.74, 6) is 0.522. The number of carbonyl (C=O) groups excluding carboxylic acids is 1. The van der Waals surface area contributed by atoms with Crippen LogP contribution in [0.25, 0.3) is 0 Å². The van der Waals surface area contributed by atoms with Gasteiger partial charge in [0.25, 0.3) is 5.91 Å². The first-order chi connectivity index (χ1) is 13.2. The second-order valence-corrected chi connectivity index (χ2v) is 7.02. The number of aromatic nitrogens is 2. The Bertz CT molecular complexity index is 756. The van der Waals surface area contributed by atoms with Crippen molar-refractivity contribution in [3.63, 3.8) is 0 Å². The van der Waals surface area contributed by atoms with E-state index in [9.17, 15) is 4.79 Å². The molecule has 0 aliphatic carbocycles. The van der Waals surface area contributed by atoms with Gasteiger partial charge in [-0.3, -0.25) is 4.79 Å². The second-order valence-electron chi connectivity index (χ2n) is 7.02. The number of piperazine rings is 1. The Morgan fingerprint density at radius 2 is 1.89 bits per heavy atom. The molecule has 1 saturated heterocycles. The third-order valence-corrected chi connectivity index (χ3v) is 4.87. The van der Waals surface area contributed by atoms with E-state index in [2.05, 4.69) is 63.2 Å².